The summed E-state index contributed by atoms with van der Waals surface area (Å²) in [5.74, 6) is -0.168. The molecule has 0 bridgehead atoms. The van der Waals surface area contributed by atoms with Gasteiger partial charge in [0.15, 0.2) is 0 Å². The van der Waals surface area contributed by atoms with Crippen LogP contribution in [0.4, 0.5) is 0 Å². The Kier molecular flexibility index (Phi) is 6.93. The van der Waals surface area contributed by atoms with E-state index in [4.69, 9.17) is 4.74 Å². The van der Waals surface area contributed by atoms with Gasteiger partial charge in [-0.3, -0.25) is 4.79 Å². The number of amides is 1. The highest BCUT2D eigenvalue weighted by Gasteiger charge is 2.37. The van der Waals surface area contributed by atoms with Crippen LogP contribution in [0.5, 0.6) is 0 Å². The van der Waals surface area contributed by atoms with Crippen molar-refractivity contribution in [2.45, 2.75) is 59.0 Å². The molecule has 0 saturated heterocycles. The number of carbonyl (C=O) groups is 1. The van der Waals surface area contributed by atoms with Gasteiger partial charge in [-0.15, -0.1) is 0 Å². The molecule has 0 heterocycles. The summed E-state index contributed by atoms with van der Waals surface area (Å²) in [6, 6.07) is 2.22. The first-order valence-corrected chi connectivity index (χ1v) is 6.62. The first-order valence-electron chi connectivity index (χ1n) is 6.62. The van der Waals surface area contributed by atoms with Crippen molar-refractivity contribution in [2.75, 3.05) is 13.7 Å². The molecule has 1 amide bonds. The van der Waals surface area contributed by atoms with Gasteiger partial charge in [-0.25, -0.2) is 0 Å². The molecular weight excluding hydrogens is 228 g/mol. The highest BCUT2D eigenvalue weighted by atomic mass is 16.5. The fraction of sp³-hybridized carbons (Fsp3) is 0.857. The zero-order valence-corrected chi connectivity index (χ0v) is 12.3. The molecule has 0 aliphatic heterocycles. The maximum atomic E-state index is 12.2. The topological polar surface area (TPSA) is 62.1 Å². The van der Waals surface area contributed by atoms with Gasteiger partial charge >= 0.3 is 0 Å². The van der Waals surface area contributed by atoms with E-state index in [0.29, 0.717) is 19.4 Å². The second kappa shape index (κ2) is 7.38. The van der Waals surface area contributed by atoms with E-state index in [2.05, 4.69) is 11.4 Å². The first kappa shape index (κ1) is 16.9. The second-order valence-electron chi connectivity index (χ2n) is 5.34. The number of hydrogen-bond donors (Lipinski definition) is 1. The molecule has 0 aromatic carbocycles. The number of nitrogens with zero attached hydrogens (tertiary/aromatic N) is 1. The average Bonchev–Trinajstić information content (AvgIpc) is 2.35. The Labute approximate surface area is 111 Å². The van der Waals surface area contributed by atoms with Crippen LogP contribution in [-0.2, 0) is 9.53 Å². The molecule has 0 saturated carbocycles. The molecule has 0 aliphatic rings. The number of hydrogen-bond acceptors (Lipinski definition) is 3. The Bertz CT molecular complexity index is 299. The summed E-state index contributed by atoms with van der Waals surface area (Å²) < 4.78 is 5.26. The number of rotatable bonds is 8. The SMILES string of the molecule is CCCC(C#N)(CCC)C(=O)NCC(C)(C)OC. The standard InChI is InChI=1S/C14H26N2O2/c1-6-8-14(10-15,9-7-2)12(17)16-11-13(3,4)18-5/h6-9,11H2,1-5H3,(H,16,17). The summed E-state index contributed by atoms with van der Waals surface area (Å²) in [5.41, 5.74) is -1.29. The first-order chi connectivity index (χ1) is 8.37. The third-order valence-electron chi connectivity index (χ3n) is 3.23. The number of nitriles is 1. The zero-order chi connectivity index (χ0) is 14.2. The van der Waals surface area contributed by atoms with Gasteiger partial charge < -0.3 is 10.1 Å². The molecule has 18 heavy (non-hydrogen) atoms. The van der Waals surface area contributed by atoms with Crippen LogP contribution in [0.25, 0.3) is 0 Å². The van der Waals surface area contributed by atoms with Gasteiger partial charge in [-0.05, 0) is 26.7 Å². The van der Waals surface area contributed by atoms with E-state index in [9.17, 15) is 10.1 Å². The lowest BCUT2D eigenvalue weighted by molar-refractivity contribution is -0.130. The predicted octanol–water partition coefficient (Wildman–Crippen LogP) is 2.64. The number of methoxy groups -OCH3 is 1. The van der Waals surface area contributed by atoms with Gasteiger partial charge in [0.05, 0.1) is 11.7 Å². The van der Waals surface area contributed by atoms with Crippen molar-refractivity contribution in [3.63, 3.8) is 0 Å². The monoisotopic (exact) mass is 254 g/mol. The summed E-state index contributed by atoms with van der Waals surface area (Å²) in [7, 11) is 1.61. The molecule has 4 heteroatoms. The fourth-order valence-corrected chi connectivity index (χ4v) is 1.90. The van der Waals surface area contributed by atoms with Crippen molar-refractivity contribution in [1.82, 2.24) is 5.32 Å². The Hall–Kier alpha value is -1.08. The predicted molar refractivity (Wildman–Crippen MR) is 72.0 cm³/mol. The molecule has 4 nitrogen and oxygen atoms in total. The lowest BCUT2D eigenvalue weighted by Crippen LogP contribution is -2.46. The summed E-state index contributed by atoms with van der Waals surface area (Å²) >= 11 is 0. The molecule has 0 unspecified atom stereocenters. The van der Waals surface area contributed by atoms with Gasteiger partial charge in [0.2, 0.25) is 5.91 Å². The Morgan fingerprint density at radius 3 is 2.11 bits per heavy atom. The van der Waals surface area contributed by atoms with Crippen LogP contribution >= 0.6 is 0 Å². The minimum Gasteiger partial charge on any atom is -0.377 e. The minimum atomic E-state index is -0.882. The van der Waals surface area contributed by atoms with Crippen molar-refractivity contribution >= 4 is 5.91 Å². The molecule has 0 aromatic heterocycles. The van der Waals surface area contributed by atoms with Crippen LogP contribution in [0.1, 0.15) is 53.4 Å². The number of nitrogens with one attached hydrogen (secondary N) is 1. The summed E-state index contributed by atoms with van der Waals surface area (Å²) in [5, 5.41) is 12.2. The van der Waals surface area contributed by atoms with E-state index in [1.54, 1.807) is 7.11 Å². The molecule has 0 radical (unpaired) electrons. The Morgan fingerprint density at radius 1 is 1.28 bits per heavy atom. The van der Waals surface area contributed by atoms with E-state index in [1.165, 1.54) is 0 Å². The Morgan fingerprint density at radius 2 is 1.78 bits per heavy atom. The van der Waals surface area contributed by atoms with Gasteiger partial charge in [-0.1, -0.05) is 26.7 Å². The highest BCUT2D eigenvalue weighted by molar-refractivity contribution is 5.85. The molecule has 0 fully saturated rings. The third kappa shape index (κ3) is 4.66. The molecular formula is C14H26N2O2. The summed E-state index contributed by atoms with van der Waals surface area (Å²) in [6.07, 6.45) is 2.87. The van der Waals surface area contributed by atoms with Gasteiger partial charge in [-0.2, -0.15) is 5.26 Å². The molecule has 1 N–H and O–H groups in total. The average molecular weight is 254 g/mol. The van der Waals surface area contributed by atoms with Crippen LogP contribution in [0.15, 0.2) is 0 Å². The number of carbonyl (C=O) groups excluding carboxylic acids is 1. The molecule has 0 rings (SSSR count). The maximum Gasteiger partial charge on any atom is 0.240 e. The van der Waals surface area contributed by atoms with Crippen molar-refractivity contribution < 1.29 is 9.53 Å². The largest absolute Gasteiger partial charge is 0.377 e. The van der Waals surface area contributed by atoms with E-state index in [0.717, 1.165) is 12.8 Å². The lowest BCUT2D eigenvalue weighted by Gasteiger charge is -2.28. The van der Waals surface area contributed by atoms with E-state index in [-0.39, 0.29) is 5.91 Å². The molecule has 0 aliphatic carbocycles. The van der Waals surface area contributed by atoms with Crippen LogP contribution in [0, 0.1) is 16.7 Å². The van der Waals surface area contributed by atoms with Crippen LogP contribution in [0.3, 0.4) is 0 Å². The van der Waals surface area contributed by atoms with Crippen molar-refractivity contribution in [2.24, 2.45) is 5.41 Å². The van der Waals surface area contributed by atoms with Gasteiger partial charge in [0.25, 0.3) is 0 Å². The summed E-state index contributed by atoms with van der Waals surface area (Å²) in [4.78, 5) is 12.2. The normalized spacial score (nSPS) is 12.0. The van der Waals surface area contributed by atoms with Crippen molar-refractivity contribution in [1.29, 1.82) is 5.26 Å². The number of ether oxygens (including phenoxy) is 1. The van der Waals surface area contributed by atoms with Crippen molar-refractivity contribution in [3.05, 3.63) is 0 Å². The molecule has 104 valence electrons. The van der Waals surface area contributed by atoms with E-state index >= 15 is 0 Å². The van der Waals surface area contributed by atoms with E-state index < -0.39 is 11.0 Å². The molecule has 0 spiro atoms. The third-order valence-corrected chi connectivity index (χ3v) is 3.23. The van der Waals surface area contributed by atoms with Crippen LogP contribution < -0.4 is 5.32 Å². The van der Waals surface area contributed by atoms with Crippen molar-refractivity contribution in [3.8, 4) is 6.07 Å². The summed E-state index contributed by atoms with van der Waals surface area (Å²) in [6.45, 7) is 8.21. The maximum absolute atomic E-state index is 12.2. The molecule has 0 atom stereocenters. The second-order valence-corrected chi connectivity index (χ2v) is 5.34. The van der Waals surface area contributed by atoms with Gasteiger partial charge in [0.1, 0.15) is 5.41 Å². The minimum absolute atomic E-state index is 0.168. The smallest absolute Gasteiger partial charge is 0.240 e. The zero-order valence-electron chi connectivity index (χ0n) is 12.3. The van der Waals surface area contributed by atoms with E-state index in [1.807, 2.05) is 27.7 Å². The van der Waals surface area contributed by atoms with Gasteiger partial charge in [0, 0.05) is 13.7 Å². The lowest BCUT2D eigenvalue weighted by atomic mass is 9.79. The van der Waals surface area contributed by atoms with Crippen LogP contribution in [-0.4, -0.2) is 25.2 Å². The quantitative estimate of drug-likeness (QED) is 0.724. The highest BCUT2D eigenvalue weighted by Crippen LogP contribution is 2.29. The molecule has 0 aromatic rings. The Balaban J connectivity index is 4.72. The van der Waals surface area contributed by atoms with Crippen LogP contribution in [0.2, 0.25) is 0 Å². The fourth-order valence-electron chi connectivity index (χ4n) is 1.90.